The lowest BCUT2D eigenvalue weighted by atomic mass is 9.83. The third-order valence-corrected chi connectivity index (χ3v) is 6.25. The van der Waals surface area contributed by atoms with Crippen LogP contribution in [-0.4, -0.2) is 56.5 Å². The highest BCUT2D eigenvalue weighted by atomic mass is 19.4. The maximum atomic E-state index is 12.8. The quantitative estimate of drug-likeness (QED) is 0.552. The van der Waals surface area contributed by atoms with Gasteiger partial charge < -0.3 is 21.9 Å². The Kier molecular flexibility index (Phi) is 5.68. The van der Waals surface area contributed by atoms with Crippen molar-refractivity contribution >= 4 is 17.4 Å². The van der Waals surface area contributed by atoms with Crippen molar-refractivity contribution in [1.29, 1.82) is 0 Å². The highest BCUT2D eigenvalue weighted by Crippen LogP contribution is 2.35. The van der Waals surface area contributed by atoms with Gasteiger partial charge in [0.05, 0.1) is 17.2 Å². The molecule has 1 aliphatic heterocycles. The molecule has 4 rings (SSSR count). The molecule has 0 unspecified atom stereocenters. The molecule has 2 aliphatic rings. The molecule has 32 heavy (non-hydrogen) atoms. The van der Waals surface area contributed by atoms with Crippen LogP contribution in [0.4, 0.5) is 24.7 Å². The van der Waals surface area contributed by atoms with Crippen LogP contribution < -0.4 is 16.8 Å². The van der Waals surface area contributed by atoms with Crippen LogP contribution in [0.25, 0.3) is 0 Å². The van der Waals surface area contributed by atoms with Crippen LogP contribution in [0.5, 0.6) is 0 Å². The van der Waals surface area contributed by atoms with E-state index in [9.17, 15) is 23.1 Å². The Hall–Kier alpha value is -2.63. The van der Waals surface area contributed by atoms with Gasteiger partial charge in [-0.1, -0.05) is 0 Å². The summed E-state index contributed by atoms with van der Waals surface area (Å²) in [5, 5.41) is 17.3. The molecule has 8 nitrogen and oxygen atoms in total. The molecule has 1 aliphatic carbocycles. The molecule has 1 aromatic carbocycles. The monoisotopic (exact) mass is 452 g/mol. The molecule has 174 valence electrons. The predicted molar refractivity (Wildman–Crippen MR) is 112 cm³/mol. The van der Waals surface area contributed by atoms with E-state index in [1.807, 2.05) is 6.92 Å². The summed E-state index contributed by atoms with van der Waals surface area (Å²) in [5.41, 5.74) is 11.0. The van der Waals surface area contributed by atoms with Crippen LogP contribution in [0.3, 0.4) is 0 Å². The lowest BCUT2D eigenvalue weighted by Gasteiger charge is -2.51. The van der Waals surface area contributed by atoms with Crippen LogP contribution in [0.15, 0.2) is 30.5 Å². The summed E-state index contributed by atoms with van der Waals surface area (Å²) in [4.78, 5) is 14.2. The Labute approximate surface area is 183 Å². The molecule has 2 heterocycles. The number of hydrogen-bond donors (Lipinski definition) is 4. The number of nitrogens with zero attached hydrogens (tertiary/aromatic N) is 3. The molecule has 1 aromatic heterocycles. The zero-order chi connectivity index (χ0) is 23.3. The van der Waals surface area contributed by atoms with E-state index in [1.165, 1.54) is 18.3 Å². The van der Waals surface area contributed by atoms with Crippen molar-refractivity contribution in [2.45, 2.75) is 56.1 Å². The minimum atomic E-state index is -4.43. The number of carbonyl (C=O) groups is 1. The molecule has 2 fully saturated rings. The number of anilines is 2. The van der Waals surface area contributed by atoms with Gasteiger partial charge in [0.25, 0.3) is 5.91 Å². The minimum absolute atomic E-state index is 0.137. The van der Waals surface area contributed by atoms with Gasteiger partial charge in [0.1, 0.15) is 5.56 Å². The number of hydrogen-bond acceptors (Lipinski definition) is 6. The molecule has 0 bridgehead atoms. The van der Waals surface area contributed by atoms with E-state index < -0.39 is 23.2 Å². The van der Waals surface area contributed by atoms with Gasteiger partial charge >= 0.3 is 6.18 Å². The van der Waals surface area contributed by atoms with E-state index in [0.29, 0.717) is 18.8 Å². The SMILES string of the molecule is CC1(O)CN([C@H]2CC[C@H](n3cc(C(N)=O)c(Nc4ccc(C(F)(F)F)cc4)n3)[C@@H](N)C2)C1. The number of benzene rings is 1. The number of aliphatic hydroxyl groups is 1. The Morgan fingerprint density at radius 1 is 1.25 bits per heavy atom. The molecular formula is C21H27F3N6O2. The van der Waals surface area contributed by atoms with E-state index in [1.54, 1.807) is 4.68 Å². The van der Waals surface area contributed by atoms with Crippen LogP contribution in [0, 0.1) is 0 Å². The fourth-order valence-corrected chi connectivity index (χ4v) is 4.63. The highest BCUT2D eigenvalue weighted by molar-refractivity contribution is 5.98. The fraction of sp³-hybridized carbons (Fsp3) is 0.524. The number of likely N-dealkylation sites (tertiary alicyclic amines) is 1. The topological polar surface area (TPSA) is 122 Å². The lowest BCUT2D eigenvalue weighted by molar-refractivity contribution is -0.137. The first-order chi connectivity index (χ1) is 14.9. The average molecular weight is 452 g/mol. The summed E-state index contributed by atoms with van der Waals surface area (Å²) >= 11 is 0. The second-order valence-corrected chi connectivity index (χ2v) is 9.04. The molecule has 1 amide bonds. The van der Waals surface area contributed by atoms with Crippen molar-refractivity contribution in [2.24, 2.45) is 11.5 Å². The second kappa shape index (κ2) is 8.05. The molecule has 0 spiro atoms. The third kappa shape index (κ3) is 4.59. The summed E-state index contributed by atoms with van der Waals surface area (Å²) in [7, 11) is 0. The van der Waals surface area contributed by atoms with Gasteiger partial charge in [-0.05, 0) is 50.5 Å². The summed E-state index contributed by atoms with van der Waals surface area (Å²) in [5.74, 6) is -0.527. The molecule has 3 atom stereocenters. The lowest BCUT2D eigenvalue weighted by Crippen LogP contribution is -2.64. The Morgan fingerprint density at radius 2 is 1.91 bits per heavy atom. The molecule has 6 N–H and O–H groups in total. The molecule has 1 saturated heterocycles. The summed E-state index contributed by atoms with van der Waals surface area (Å²) in [6.45, 7) is 3.07. The number of β-amino-alcohol motifs (C(OH)–C–C–N with tert-alkyl or cyclic N) is 1. The van der Waals surface area contributed by atoms with E-state index in [-0.39, 0.29) is 29.5 Å². The Balaban J connectivity index is 1.48. The van der Waals surface area contributed by atoms with Crippen molar-refractivity contribution in [3.05, 3.63) is 41.6 Å². The normalized spacial score (nSPS) is 25.9. The van der Waals surface area contributed by atoms with E-state index in [2.05, 4.69) is 15.3 Å². The minimum Gasteiger partial charge on any atom is -0.388 e. The summed E-state index contributed by atoms with van der Waals surface area (Å²) < 4.78 is 40.0. The van der Waals surface area contributed by atoms with Gasteiger partial charge in [-0.25, -0.2) is 0 Å². The van der Waals surface area contributed by atoms with Gasteiger partial charge in [-0.15, -0.1) is 0 Å². The molecule has 1 saturated carbocycles. The van der Waals surface area contributed by atoms with Crippen molar-refractivity contribution < 1.29 is 23.1 Å². The summed E-state index contributed by atoms with van der Waals surface area (Å²) in [6.07, 6.45) is -0.548. The zero-order valence-electron chi connectivity index (χ0n) is 17.6. The van der Waals surface area contributed by atoms with Crippen molar-refractivity contribution in [3.63, 3.8) is 0 Å². The van der Waals surface area contributed by atoms with Crippen molar-refractivity contribution in [2.75, 3.05) is 18.4 Å². The number of amides is 1. The second-order valence-electron chi connectivity index (χ2n) is 9.04. The Bertz CT molecular complexity index is 980. The zero-order valence-corrected chi connectivity index (χ0v) is 17.6. The van der Waals surface area contributed by atoms with E-state index in [0.717, 1.165) is 31.4 Å². The van der Waals surface area contributed by atoms with Crippen LogP contribution in [0.1, 0.15) is 48.1 Å². The largest absolute Gasteiger partial charge is 0.416 e. The van der Waals surface area contributed by atoms with Gasteiger partial charge in [-0.3, -0.25) is 14.4 Å². The number of alkyl halides is 3. The maximum absolute atomic E-state index is 12.8. The summed E-state index contributed by atoms with van der Waals surface area (Å²) in [6, 6.07) is 4.38. The smallest absolute Gasteiger partial charge is 0.388 e. The van der Waals surface area contributed by atoms with E-state index >= 15 is 0 Å². The number of nitrogens with two attached hydrogens (primary N) is 2. The van der Waals surface area contributed by atoms with Crippen LogP contribution in [0.2, 0.25) is 0 Å². The maximum Gasteiger partial charge on any atom is 0.416 e. The number of nitrogens with one attached hydrogen (secondary N) is 1. The molecule has 11 heteroatoms. The molecular weight excluding hydrogens is 425 g/mol. The van der Waals surface area contributed by atoms with Gasteiger partial charge in [0, 0.05) is 37.1 Å². The first-order valence-corrected chi connectivity index (χ1v) is 10.5. The van der Waals surface area contributed by atoms with E-state index in [4.69, 9.17) is 11.5 Å². The van der Waals surface area contributed by atoms with Crippen LogP contribution >= 0.6 is 0 Å². The van der Waals surface area contributed by atoms with Crippen LogP contribution in [-0.2, 0) is 6.18 Å². The average Bonchev–Trinajstić information content (AvgIpc) is 3.09. The number of carbonyl (C=O) groups excluding carboxylic acids is 1. The number of rotatable bonds is 5. The molecule has 2 aromatic rings. The highest BCUT2D eigenvalue weighted by Gasteiger charge is 2.43. The van der Waals surface area contributed by atoms with Gasteiger partial charge in [-0.2, -0.15) is 18.3 Å². The Morgan fingerprint density at radius 3 is 2.44 bits per heavy atom. The first-order valence-electron chi connectivity index (χ1n) is 10.5. The first kappa shape index (κ1) is 22.6. The fourth-order valence-electron chi connectivity index (χ4n) is 4.63. The van der Waals surface area contributed by atoms with Crippen molar-refractivity contribution in [1.82, 2.24) is 14.7 Å². The van der Waals surface area contributed by atoms with Crippen molar-refractivity contribution in [3.8, 4) is 0 Å². The number of primary amides is 1. The van der Waals surface area contributed by atoms with Gasteiger partial charge in [0.2, 0.25) is 0 Å². The third-order valence-electron chi connectivity index (χ3n) is 6.25. The number of aromatic nitrogens is 2. The van der Waals surface area contributed by atoms with Gasteiger partial charge in [0.15, 0.2) is 5.82 Å². The molecule has 0 radical (unpaired) electrons. The number of halogens is 3. The predicted octanol–water partition coefficient (Wildman–Crippen LogP) is 2.23. The standard InChI is InChI=1S/C21H27F3N6O2/c1-20(32)10-29(11-20)14-6-7-17(16(25)8-14)30-9-15(18(26)31)19(28-30)27-13-4-2-12(3-5-13)21(22,23)24/h2-5,9,14,16-17,32H,6-8,10-11,25H2,1H3,(H2,26,31)(H,27,28)/t14-,16-,17-/m0/s1.